The van der Waals surface area contributed by atoms with Gasteiger partial charge in [0.25, 0.3) is 11.8 Å². The van der Waals surface area contributed by atoms with E-state index in [1.54, 1.807) is 6.92 Å². The van der Waals surface area contributed by atoms with Crippen LogP contribution in [-0.2, 0) is 6.54 Å². The number of nitrogens with one attached hydrogen (secondary N) is 1. The van der Waals surface area contributed by atoms with Crippen LogP contribution >= 0.6 is 11.6 Å². The molecule has 0 fully saturated rings. The van der Waals surface area contributed by atoms with Gasteiger partial charge < -0.3 is 15.8 Å². The summed E-state index contributed by atoms with van der Waals surface area (Å²) in [5.74, 6) is -1.39. The van der Waals surface area contributed by atoms with Crippen molar-refractivity contribution in [2.24, 2.45) is 5.73 Å². The number of nitrogens with two attached hydrogens (primary N) is 1. The first-order valence-electron chi connectivity index (χ1n) is 8.41. The van der Waals surface area contributed by atoms with Crippen LogP contribution in [0.25, 0.3) is 5.82 Å². The van der Waals surface area contributed by atoms with Crippen molar-refractivity contribution in [2.45, 2.75) is 19.8 Å². The van der Waals surface area contributed by atoms with Crippen LogP contribution in [0.5, 0.6) is 5.75 Å². The molecule has 0 bridgehead atoms. The first kappa shape index (κ1) is 22.0. The Morgan fingerprint density at radius 1 is 1.23 bits per heavy atom. The number of alkyl halides is 3. The molecule has 31 heavy (non-hydrogen) atoms. The Kier molecular flexibility index (Phi) is 6.06. The number of primary amides is 1. The van der Waals surface area contributed by atoms with E-state index in [1.165, 1.54) is 16.8 Å². The summed E-state index contributed by atoms with van der Waals surface area (Å²) in [5, 5.41) is 6.53. The molecule has 0 unspecified atom stereocenters. The molecule has 0 saturated carbocycles. The van der Waals surface area contributed by atoms with E-state index in [2.05, 4.69) is 30.1 Å². The average Bonchev–Trinajstić information content (AvgIpc) is 3.05. The molecule has 1 aromatic carbocycles. The van der Waals surface area contributed by atoms with E-state index in [-0.39, 0.29) is 34.5 Å². The third kappa shape index (κ3) is 5.66. The second kappa shape index (κ2) is 8.55. The van der Waals surface area contributed by atoms with Crippen molar-refractivity contribution in [1.29, 1.82) is 0 Å². The molecular formula is C17H13ClF3N7O3. The van der Waals surface area contributed by atoms with Crippen molar-refractivity contribution >= 4 is 23.4 Å². The number of benzene rings is 1. The lowest BCUT2D eigenvalue weighted by molar-refractivity contribution is -0.274. The summed E-state index contributed by atoms with van der Waals surface area (Å²) in [6, 6.07) is 4.30. The van der Waals surface area contributed by atoms with Gasteiger partial charge in [-0.3, -0.25) is 9.59 Å². The monoisotopic (exact) mass is 455 g/mol. The minimum atomic E-state index is -4.94. The molecule has 2 amide bonds. The number of carbonyl (C=O) groups excluding carboxylic acids is 2. The SMILES string of the molecule is Cc1nc(CNC(=O)c2cc(Cl)cc(OC(F)(F)F)c2)n(-c2cc(C(N)=O)ncn2)n1. The summed E-state index contributed by atoms with van der Waals surface area (Å²) in [6.45, 7) is 1.42. The summed E-state index contributed by atoms with van der Waals surface area (Å²) in [5.41, 5.74) is 5.00. The van der Waals surface area contributed by atoms with Gasteiger partial charge >= 0.3 is 6.36 Å². The molecule has 3 rings (SSSR count). The van der Waals surface area contributed by atoms with Gasteiger partial charge in [-0.1, -0.05) is 11.6 Å². The van der Waals surface area contributed by atoms with Crippen molar-refractivity contribution in [1.82, 2.24) is 30.0 Å². The van der Waals surface area contributed by atoms with Gasteiger partial charge in [0, 0.05) is 16.7 Å². The van der Waals surface area contributed by atoms with Gasteiger partial charge in [-0.05, 0) is 25.1 Å². The van der Waals surface area contributed by atoms with Gasteiger partial charge in [-0.25, -0.2) is 15.0 Å². The molecule has 0 aliphatic rings. The molecule has 3 aromatic rings. The minimum absolute atomic E-state index is 0.0516. The molecule has 10 nitrogen and oxygen atoms in total. The van der Waals surface area contributed by atoms with Crippen LogP contribution in [0.3, 0.4) is 0 Å². The highest BCUT2D eigenvalue weighted by Crippen LogP contribution is 2.27. The Balaban J connectivity index is 1.80. The van der Waals surface area contributed by atoms with E-state index in [9.17, 15) is 22.8 Å². The molecule has 3 N–H and O–H groups in total. The van der Waals surface area contributed by atoms with Crippen LogP contribution in [0.1, 0.15) is 32.5 Å². The Morgan fingerprint density at radius 2 is 1.97 bits per heavy atom. The maximum atomic E-state index is 12.4. The van der Waals surface area contributed by atoms with Crippen molar-refractivity contribution in [2.75, 3.05) is 0 Å². The van der Waals surface area contributed by atoms with Crippen LogP contribution in [0.4, 0.5) is 13.2 Å². The van der Waals surface area contributed by atoms with Crippen molar-refractivity contribution in [3.63, 3.8) is 0 Å². The fourth-order valence-electron chi connectivity index (χ4n) is 2.50. The average molecular weight is 456 g/mol. The number of ether oxygens (including phenoxy) is 1. The van der Waals surface area contributed by atoms with Gasteiger partial charge in [0.15, 0.2) is 11.6 Å². The Bertz CT molecular complexity index is 1150. The van der Waals surface area contributed by atoms with E-state index < -0.39 is 23.9 Å². The molecular weight excluding hydrogens is 443 g/mol. The lowest BCUT2D eigenvalue weighted by atomic mass is 10.2. The van der Waals surface area contributed by atoms with Crippen molar-refractivity contribution in [3.05, 3.63) is 58.5 Å². The highest BCUT2D eigenvalue weighted by Gasteiger charge is 2.31. The predicted molar refractivity (Wildman–Crippen MR) is 99.5 cm³/mol. The van der Waals surface area contributed by atoms with Crippen molar-refractivity contribution < 1.29 is 27.5 Å². The quantitative estimate of drug-likeness (QED) is 0.579. The van der Waals surface area contributed by atoms with Crippen LogP contribution in [0.15, 0.2) is 30.6 Å². The normalized spacial score (nSPS) is 11.3. The van der Waals surface area contributed by atoms with Gasteiger partial charge in [0.1, 0.15) is 23.6 Å². The summed E-state index contributed by atoms with van der Waals surface area (Å²) < 4.78 is 42.4. The van der Waals surface area contributed by atoms with Crippen LogP contribution in [0.2, 0.25) is 5.02 Å². The maximum absolute atomic E-state index is 12.4. The molecule has 162 valence electrons. The van der Waals surface area contributed by atoms with E-state index in [0.29, 0.717) is 5.82 Å². The second-order valence-corrected chi connectivity index (χ2v) is 6.46. The molecule has 14 heteroatoms. The predicted octanol–water partition coefficient (Wildman–Crippen LogP) is 1.95. The van der Waals surface area contributed by atoms with Crippen LogP contribution in [0, 0.1) is 6.92 Å². The number of halogens is 4. The molecule has 0 aliphatic heterocycles. The molecule has 0 aliphatic carbocycles. The summed E-state index contributed by atoms with van der Waals surface area (Å²) in [6.07, 6.45) is -3.82. The number of aromatic nitrogens is 5. The van der Waals surface area contributed by atoms with E-state index in [0.717, 1.165) is 18.5 Å². The lowest BCUT2D eigenvalue weighted by Crippen LogP contribution is -2.25. The third-order valence-electron chi connectivity index (χ3n) is 3.68. The zero-order valence-electron chi connectivity index (χ0n) is 15.6. The highest BCUT2D eigenvalue weighted by molar-refractivity contribution is 6.31. The van der Waals surface area contributed by atoms with Gasteiger partial charge in [-0.2, -0.15) is 4.68 Å². The lowest BCUT2D eigenvalue weighted by Gasteiger charge is -2.11. The number of hydrogen-bond acceptors (Lipinski definition) is 7. The minimum Gasteiger partial charge on any atom is -0.406 e. The molecule has 0 radical (unpaired) electrons. The van der Waals surface area contributed by atoms with E-state index in [4.69, 9.17) is 17.3 Å². The Morgan fingerprint density at radius 3 is 2.65 bits per heavy atom. The van der Waals surface area contributed by atoms with Crippen LogP contribution < -0.4 is 15.8 Å². The fourth-order valence-corrected chi connectivity index (χ4v) is 2.73. The molecule has 2 aromatic heterocycles. The largest absolute Gasteiger partial charge is 0.573 e. The summed E-state index contributed by atoms with van der Waals surface area (Å²) >= 11 is 5.78. The van der Waals surface area contributed by atoms with Gasteiger partial charge in [-0.15, -0.1) is 18.3 Å². The molecule has 0 atom stereocenters. The summed E-state index contributed by atoms with van der Waals surface area (Å²) in [4.78, 5) is 35.7. The number of nitrogens with zero attached hydrogens (tertiary/aromatic N) is 5. The zero-order chi connectivity index (χ0) is 22.8. The zero-order valence-corrected chi connectivity index (χ0v) is 16.4. The van der Waals surface area contributed by atoms with Gasteiger partial charge in [0.2, 0.25) is 0 Å². The van der Waals surface area contributed by atoms with Crippen LogP contribution in [-0.4, -0.2) is 42.9 Å². The number of hydrogen-bond donors (Lipinski definition) is 2. The Hall–Kier alpha value is -3.74. The van der Waals surface area contributed by atoms with Gasteiger partial charge in [0.05, 0.1) is 6.54 Å². The number of carbonyl (C=O) groups is 2. The second-order valence-electron chi connectivity index (χ2n) is 6.02. The number of amides is 2. The summed E-state index contributed by atoms with van der Waals surface area (Å²) in [7, 11) is 0. The molecule has 0 saturated heterocycles. The number of aryl methyl sites for hydroxylation is 1. The molecule has 2 heterocycles. The highest BCUT2D eigenvalue weighted by atomic mass is 35.5. The fraction of sp³-hybridized carbons (Fsp3) is 0.176. The van der Waals surface area contributed by atoms with Crippen molar-refractivity contribution in [3.8, 4) is 11.6 Å². The third-order valence-corrected chi connectivity index (χ3v) is 3.89. The maximum Gasteiger partial charge on any atom is 0.573 e. The first-order chi connectivity index (χ1) is 14.5. The van der Waals surface area contributed by atoms with E-state index in [1.807, 2.05) is 0 Å². The first-order valence-corrected chi connectivity index (χ1v) is 8.79. The topological polar surface area (TPSA) is 138 Å². The van der Waals surface area contributed by atoms with E-state index >= 15 is 0 Å². The smallest absolute Gasteiger partial charge is 0.406 e. The number of rotatable bonds is 6. The Labute approximate surface area is 177 Å². The molecule has 0 spiro atoms. The standard InChI is InChI=1S/C17H13ClF3N7O3/c1-8-26-14(28(27-8)13-5-12(15(22)29)24-7-25-13)6-23-16(30)9-2-10(18)4-11(3-9)31-17(19,20)21/h2-5,7H,6H2,1H3,(H2,22,29)(H,23,30).